The monoisotopic (exact) mass is 425 g/mol. The van der Waals surface area contributed by atoms with Gasteiger partial charge in [-0.1, -0.05) is 12.1 Å². The predicted molar refractivity (Wildman–Crippen MR) is 118 cm³/mol. The molecule has 1 unspecified atom stereocenters. The maximum Gasteiger partial charge on any atom is 0.237 e. The number of rotatable bonds is 8. The van der Waals surface area contributed by atoms with E-state index >= 15 is 0 Å². The van der Waals surface area contributed by atoms with Crippen molar-refractivity contribution >= 4 is 11.8 Å². The Balaban J connectivity index is 1.57. The first-order valence-electron chi connectivity index (χ1n) is 10.6. The smallest absolute Gasteiger partial charge is 0.237 e. The molecular weight excluding hydrogens is 394 g/mol. The van der Waals surface area contributed by atoms with Crippen LogP contribution in [0.25, 0.3) is 0 Å². The molecule has 2 amide bonds. The number of nitrogens with one attached hydrogen (secondary N) is 2. The van der Waals surface area contributed by atoms with Gasteiger partial charge in [0.15, 0.2) is 0 Å². The number of carbonyl (C=O) groups excluding carboxylic acids is 2. The average Bonchev–Trinajstić information content (AvgIpc) is 2.70. The van der Waals surface area contributed by atoms with Crippen molar-refractivity contribution in [2.24, 2.45) is 0 Å². The molecule has 0 bridgehead atoms. The van der Waals surface area contributed by atoms with E-state index in [0.717, 1.165) is 28.3 Å². The zero-order chi connectivity index (χ0) is 22.4. The third kappa shape index (κ3) is 6.24. The molecule has 8 nitrogen and oxygen atoms in total. The lowest BCUT2D eigenvalue weighted by molar-refractivity contribution is -0.134. The lowest BCUT2D eigenvalue weighted by Gasteiger charge is -2.34. The molecule has 0 spiro atoms. The van der Waals surface area contributed by atoms with Crippen molar-refractivity contribution in [2.75, 3.05) is 26.7 Å². The molecule has 2 N–H and O–H groups in total. The molecule has 2 aromatic rings. The summed E-state index contributed by atoms with van der Waals surface area (Å²) in [7, 11) is 1.65. The Kier molecular flexibility index (Phi) is 7.57. The molecule has 1 atom stereocenters. The second kappa shape index (κ2) is 10.3. The van der Waals surface area contributed by atoms with E-state index in [9.17, 15) is 9.59 Å². The second-order valence-corrected chi connectivity index (χ2v) is 7.95. The van der Waals surface area contributed by atoms with Crippen molar-refractivity contribution in [1.82, 2.24) is 25.5 Å². The summed E-state index contributed by atoms with van der Waals surface area (Å²) in [5.74, 6) is 1.29. The molecule has 1 aromatic carbocycles. The third-order valence-electron chi connectivity index (χ3n) is 5.36. The van der Waals surface area contributed by atoms with Gasteiger partial charge >= 0.3 is 0 Å². The summed E-state index contributed by atoms with van der Waals surface area (Å²) in [6.45, 7) is 8.17. The topological polar surface area (TPSA) is 96.5 Å². The quantitative estimate of drug-likeness (QED) is 0.665. The van der Waals surface area contributed by atoms with Crippen LogP contribution in [0.15, 0.2) is 24.3 Å². The van der Waals surface area contributed by atoms with E-state index in [2.05, 4.69) is 31.6 Å². The number of hydrogen-bond donors (Lipinski definition) is 2. The van der Waals surface area contributed by atoms with Gasteiger partial charge in [0, 0.05) is 44.0 Å². The first-order chi connectivity index (χ1) is 14.9. The van der Waals surface area contributed by atoms with Crippen LogP contribution in [0, 0.1) is 20.8 Å². The molecule has 2 heterocycles. The minimum Gasteiger partial charge on any atom is -0.496 e. The zero-order valence-corrected chi connectivity index (χ0v) is 18.7. The zero-order valence-electron chi connectivity index (χ0n) is 18.7. The fourth-order valence-electron chi connectivity index (χ4n) is 3.92. The lowest BCUT2D eigenvalue weighted by atomic mass is 10.1. The molecule has 31 heavy (non-hydrogen) atoms. The van der Waals surface area contributed by atoms with Crippen LogP contribution in [0.4, 0.5) is 0 Å². The van der Waals surface area contributed by atoms with Crippen molar-refractivity contribution in [1.29, 1.82) is 0 Å². The van der Waals surface area contributed by atoms with Crippen LogP contribution >= 0.6 is 0 Å². The number of amides is 2. The van der Waals surface area contributed by atoms with Crippen LogP contribution in [-0.2, 0) is 22.6 Å². The Bertz CT molecular complexity index is 927. The van der Waals surface area contributed by atoms with Crippen LogP contribution in [0.2, 0.25) is 0 Å². The maximum absolute atomic E-state index is 12.5. The molecule has 0 saturated carbocycles. The number of aromatic nitrogens is 2. The van der Waals surface area contributed by atoms with Crippen molar-refractivity contribution in [2.45, 2.75) is 46.2 Å². The molecule has 1 aliphatic heterocycles. The molecule has 0 radical (unpaired) electrons. The minimum atomic E-state index is -0.492. The van der Waals surface area contributed by atoms with Crippen molar-refractivity contribution < 1.29 is 14.3 Å². The third-order valence-corrected chi connectivity index (χ3v) is 5.36. The highest BCUT2D eigenvalue weighted by Crippen LogP contribution is 2.21. The van der Waals surface area contributed by atoms with Crippen molar-refractivity contribution in [3.05, 3.63) is 52.6 Å². The highest BCUT2D eigenvalue weighted by atomic mass is 16.5. The molecule has 0 aliphatic carbocycles. The number of carbonyl (C=O) groups is 2. The standard InChI is InChI=1S/C23H31N5O3/c1-15-11-18(5-6-20(15)31-4)14-28-10-9-25-23(30)19(28)13-22(29)24-8-7-21-26-16(2)12-17(3)27-21/h5-6,11-12,19H,7-10,13-14H2,1-4H3,(H,24,29)(H,25,30). The summed E-state index contributed by atoms with van der Waals surface area (Å²) < 4.78 is 5.32. The van der Waals surface area contributed by atoms with Crippen LogP contribution in [0.5, 0.6) is 5.75 Å². The first-order valence-corrected chi connectivity index (χ1v) is 10.6. The highest BCUT2D eigenvalue weighted by molar-refractivity contribution is 5.88. The predicted octanol–water partition coefficient (Wildman–Crippen LogP) is 1.46. The number of methoxy groups -OCH3 is 1. The van der Waals surface area contributed by atoms with E-state index in [4.69, 9.17) is 4.74 Å². The largest absolute Gasteiger partial charge is 0.496 e. The summed E-state index contributed by atoms with van der Waals surface area (Å²) in [5, 5.41) is 5.78. The summed E-state index contributed by atoms with van der Waals surface area (Å²) in [6.07, 6.45) is 0.675. The number of ether oxygens (including phenoxy) is 1. The highest BCUT2D eigenvalue weighted by Gasteiger charge is 2.31. The van der Waals surface area contributed by atoms with Gasteiger partial charge < -0.3 is 15.4 Å². The second-order valence-electron chi connectivity index (χ2n) is 7.95. The van der Waals surface area contributed by atoms with Gasteiger partial charge in [-0.3, -0.25) is 14.5 Å². The van der Waals surface area contributed by atoms with Gasteiger partial charge in [-0.2, -0.15) is 0 Å². The van der Waals surface area contributed by atoms with Gasteiger partial charge in [-0.25, -0.2) is 9.97 Å². The number of hydrogen-bond acceptors (Lipinski definition) is 6. The summed E-state index contributed by atoms with van der Waals surface area (Å²) in [6, 6.07) is 7.42. The summed E-state index contributed by atoms with van der Waals surface area (Å²) in [4.78, 5) is 35.9. The fraction of sp³-hybridized carbons (Fsp3) is 0.478. The van der Waals surface area contributed by atoms with Crippen LogP contribution in [0.3, 0.4) is 0 Å². The number of benzene rings is 1. The Labute approximate surface area is 183 Å². The van der Waals surface area contributed by atoms with E-state index in [-0.39, 0.29) is 18.2 Å². The Hall–Kier alpha value is -3.00. The minimum absolute atomic E-state index is 0.107. The Morgan fingerprint density at radius 3 is 2.65 bits per heavy atom. The molecule has 1 aliphatic rings. The molecule has 1 aromatic heterocycles. The van der Waals surface area contributed by atoms with Gasteiger partial charge in [0.1, 0.15) is 11.6 Å². The average molecular weight is 426 g/mol. The van der Waals surface area contributed by atoms with Gasteiger partial charge in [-0.15, -0.1) is 0 Å². The first kappa shape index (κ1) is 22.7. The number of aryl methyl sites for hydroxylation is 3. The lowest BCUT2D eigenvalue weighted by Crippen LogP contribution is -2.56. The van der Waals surface area contributed by atoms with Crippen LogP contribution in [-0.4, -0.2) is 59.5 Å². The van der Waals surface area contributed by atoms with Gasteiger partial charge in [0.25, 0.3) is 0 Å². The SMILES string of the molecule is COc1ccc(CN2CCNC(=O)C2CC(=O)NCCc2nc(C)cc(C)n2)cc1C. The van der Waals surface area contributed by atoms with Gasteiger partial charge in [-0.05, 0) is 44.0 Å². The van der Waals surface area contributed by atoms with E-state index < -0.39 is 6.04 Å². The Morgan fingerprint density at radius 2 is 1.97 bits per heavy atom. The number of piperazine rings is 1. The van der Waals surface area contributed by atoms with E-state index in [1.807, 2.05) is 39.0 Å². The van der Waals surface area contributed by atoms with Crippen LogP contribution < -0.4 is 15.4 Å². The summed E-state index contributed by atoms with van der Waals surface area (Å²) in [5.41, 5.74) is 3.96. The molecule has 1 saturated heterocycles. The normalized spacial score (nSPS) is 16.6. The van der Waals surface area contributed by atoms with E-state index in [1.165, 1.54) is 0 Å². The van der Waals surface area contributed by atoms with Crippen LogP contribution in [0.1, 0.15) is 34.8 Å². The number of nitrogens with zero attached hydrogens (tertiary/aromatic N) is 3. The molecular formula is C23H31N5O3. The Morgan fingerprint density at radius 1 is 1.23 bits per heavy atom. The van der Waals surface area contributed by atoms with Crippen molar-refractivity contribution in [3.8, 4) is 5.75 Å². The molecule has 3 rings (SSSR count). The van der Waals surface area contributed by atoms with Gasteiger partial charge in [0.2, 0.25) is 11.8 Å². The van der Waals surface area contributed by atoms with E-state index in [0.29, 0.717) is 38.4 Å². The summed E-state index contributed by atoms with van der Waals surface area (Å²) >= 11 is 0. The van der Waals surface area contributed by atoms with Crippen molar-refractivity contribution in [3.63, 3.8) is 0 Å². The maximum atomic E-state index is 12.5. The molecule has 1 fully saturated rings. The van der Waals surface area contributed by atoms with Gasteiger partial charge in [0.05, 0.1) is 19.6 Å². The molecule has 166 valence electrons. The fourth-order valence-corrected chi connectivity index (χ4v) is 3.92. The van der Waals surface area contributed by atoms with E-state index in [1.54, 1.807) is 7.11 Å². The molecule has 8 heteroatoms.